The van der Waals surface area contributed by atoms with Crippen molar-refractivity contribution in [3.63, 3.8) is 0 Å². The fourth-order valence-electron chi connectivity index (χ4n) is 1.81. The number of aryl methyl sites for hydroxylation is 1. The molecule has 3 nitrogen and oxygen atoms in total. The van der Waals surface area contributed by atoms with E-state index in [9.17, 15) is 0 Å². The highest BCUT2D eigenvalue weighted by Crippen LogP contribution is 2.38. The molecule has 2 fully saturated rings. The van der Waals surface area contributed by atoms with Crippen molar-refractivity contribution < 1.29 is 0 Å². The maximum Gasteiger partial charge on any atom is 0.134 e. The molecule has 1 aliphatic heterocycles. The Morgan fingerprint density at radius 2 is 2.07 bits per heavy atom. The average molecular weight is 189 g/mol. The molecule has 1 saturated carbocycles. The lowest BCUT2D eigenvalue weighted by molar-refractivity contribution is 0.606. The molecule has 1 saturated heterocycles. The van der Waals surface area contributed by atoms with Crippen molar-refractivity contribution in [2.24, 2.45) is 0 Å². The van der Waals surface area contributed by atoms with Gasteiger partial charge in [-0.15, -0.1) is 0 Å². The molecule has 1 aliphatic carbocycles. The van der Waals surface area contributed by atoms with Gasteiger partial charge in [0.15, 0.2) is 0 Å². The molecular formula is C11H15N3. The highest BCUT2D eigenvalue weighted by atomic mass is 15.2. The monoisotopic (exact) mass is 189 g/mol. The molecule has 3 rings (SSSR count). The Bertz CT molecular complexity index is 354. The van der Waals surface area contributed by atoms with Crippen LogP contribution in [0.25, 0.3) is 0 Å². The zero-order valence-electron chi connectivity index (χ0n) is 8.53. The minimum Gasteiger partial charge on any atom is -0.356 e. The van der Waals surface area contributed by atoms with Gasteiger partial charge in [0.25, 0.3) is 0 Å². The largest absolute Gasteiger partial charge is 0.356 e. The number of hydrogen-bond donors (Lipinski definition) is 0. The number of nitrogens with zero attached hydrogens (tertiary/aromatic N) is 3. The van der Waals surface area contributed by atoms with Gasteiger partial charge in [-0.05, 0) is 26.2 Å². The molecule has 0 unspecified atom stereocenters. The fourth-order valence-corrected chi connectivity index (χ4v) is 1.81. The highest BCUT2D eigenvalue weighted by Gasteiger charge is 2.28. The van der Waals surface area contributed by atoms with Crippen LogP contribution in [0.3, 0.4) is 0 Å². The summed E-state index contributed by atoms with van der Waals surface area (Å²) in [5.74, 6) is 2.88. The van der Waals surface area contributed by atoms with Crippen molar-refractivity contribution in [1.82, 2.24) is 9.97 Å². The summed E-state index contributed by atoms with van der Waals surface area (Å²) in [5, 5.41) is 0. The van der Waals surface area contributed by atoms with Crippen LogP contribution in [0.5, 0.6) is 0 Å². The van der Waals surface area contributed by atoms with E-state index in [1.807, 2.05) is 0 Å². The van der Waals surface area contributed by atoms with Gasteiger partial charge in [0.2, 0.25) is 0 Å². The molecule has 1 aromatic heterocycles. The second-order valence-corrected chi connectivity index (χ2v) is 4.34. The number of hydrogen-bond acceptors (Lipinski definition) is 3. The van der Waals surface area contributed by atoms with Crippen LogP contribution in [-0.4, -0.2) is 23.1 Å². The summed E-state index contributed by atoms with van der Waals surface area (Å²) >= 11 is 0. The number of anilines is 1. The number of rotatable bonds is 2. The molecule has 0 spiro atoms. The van der Waals surface area contributed by atoms with Crippen LogP contribution in [0, 0.1) is 6.92 Å². The van der Waals surface area contributed by atoms with E-state index < -0.39 is 0 Å². The summed E-state index contributed by atoms with van der Waals surface area (Å²) in [7, 11) is 0. The molecule has 0 aromatic carbocycles. The van der Waals surface area contributed by atoms with Crippen LogP contribution in [0.1, 0.15) is 36.7 Å². The van der Waals surface area contributed by atoms with Gasteiger partial charge in [-0.3, -0.25) is 0 Å². The van der Waals surface area contributed by atoms with E-state index in [0.29, 0.717) is 5.92 Å². The summed E-state index contributed by atoms with van der Waals surface area (Å²) < 4.78 is 0. The zero-order chi connectivity index (χ0) is 9.54. The van der Waals surface area contributed by atoms with Crippen LogP contribution >= 0.6 is 0 Å². The molecule has 1 aromatic rings. The zero-order valence-corrected chi connectivity index (χ0v) is 8.53. The third-order valence-corrected chi connectivity index (χ3v) is 2.98. The topological polar surface area (TPSA) is 29.0 Å². The predicted molar refractivity (Wildman–Crippen MR) is 55.6 cm³/mol. The van der Waals surface area contributed by atoms with Crippen LogP contribution in [-0.2, 0) is 0 Å². The Balaban J connectivity index is 1.93. The summed E-state index contributed by atoms with van der Waals surface area (Å²) in [6.07, 6.45) is 3.87. The smallest absolute Gasteiger partial charge is 0.134 e. The SMILES string of the molecule is Cc1cc(N2CCC2)nc(C2CC2)n1. The standard InChI is InChI=1S/C11H15N3/c1-8-7-10(14-5-2-6-14)13-11(12-8)9-3-4-9/h7,9H,2-6H2,1H3. The van der Waals surface area contributed by atoms with Gasteiger partial charge in [-0.2, -0.15) is 0 Å². The molecule has 0 bridgehead atoms. The van der Waals surface area contributed by atoms with E-state index >= 15 is 0 Å². The van der Waals surface area contributed by atoms with Crippen molar-refractivity contribution in [1.29, 1.82) is 0 Å². The maximum atomic E-state index is 4.63. The van der Waals surface area contributed by atoms with Crippen LogP contribution < -0.4 is 4.90 Å². The van der Waals surface area contributed by atoms with Gasteiger partial charge < -0.3 is 4.90 Å². The first kappa shape index (κ1) is 8.21. The summed E-state index contributed by atoms with van der Waals surface area (Å²) in [5.41, 5.74) is 1.11. The van der Waals surface area contributed by atoms with Crippen LogP contribution in [0.15, 0.2) is 6.07 Å². The molecule has 0 radical (unpaired) electrons. The molecule has 2 aliphatic rings. The quantitative estimate of drug-likeness (QED) is 0.711. The molecular weight excluding hydrogens is 174 g/mol. The lowest BCUT2D eigenvalue weighted by Crippen LogP contribution is -2.37. The van der Waals surface area contributed by atoms with Gasteiger partial charge >= 0.3 is 0 Å². The van der Waals surface area contributed by atoms with E-state index in [0.717, 1.165) is 17.3 Å². The Labute approximate surface area is 84.2 Å². The second kappa shape index (κ2) is 2.94. The van der Waals surface area contributed by atoms with Crippen molar-refractivity contribution >= 4 is 5.82 Å². The van der Waals surface area contributed by atoms with E-state index in [1.54, 1.807) is 0 Å². The van der Waals surface area contributed by atoms with Gasteiger partial charge in [-0.1, -0.05) is 0 Å². The van der Waals surface area contributed by atoms with Gasteiger partial charge in [0.05, 0.1) is 0 Å². The lowest BCUT2D eigenvalue weighted by Gasteiger charge is -2.32. The first-order valence-electron chi connectivity index (χ1n) is 5.43. The van der Waals surface area contributed by atoms with E-state index in [4.69, 9.17) is 0 Å². The second-order valence-electron chi connectivity index (χ2n) is 4.34. The average Bonchev–Trinajstić information content (AvgIpc) is 2.80. The molecule has 3 heteroatoms. The summed E-state index contributed by atoms with van der Waals surface area (Å²) in [6.45, 7) is 4.40. The summed E-state index contributed by atoms with van der Waals surface area (Å²) in [6, 6.07) is 2.10. The maximum absolute atomic E-state index is 4.63. The molecule has 2 heterocycles. The first-order valence-corrected chi connectivity index (χ1v) is 5.43. The Morgan fingerprint density at radius 3 is 2.64 bits per heavy atom. The Morgan fingerprint density at radius 1 is 1.29 bits per heavy atom. The van der Waals surface area contributed by atoms with Crippen molar-refractivity contribution in [2.45, 2.75) is 32.1 Å². The molecule has 74 valence electrons. The third kappa shape index (κ3) is 1.37. The van der Waals surface area contributed by atoms with Gasteiger partial charge in [-0.25, -0.2) is 9.97 Å². The Hall–Kier alpha value is -1.12. The molecule has 0 amide bonds. The molecule has 0 atom stereocenters. The van der Waals surface area contributed by atoms with Crippen LogP contribution in [0.4, 0.5) is 5.82 Å². The normalized spacial score (nSPS) is 20.8. The fraction of sp³-hybridized carbons (Fsp3) is 0.636. The number of aromatic nitrogens is 2. The minimum absolute atomic E-state index is 0.662. The van der Waals surface area contributed by atoms with Gasteiger partial charge in [0.1, 0.15) is 11.6 Å². The van der Waals surface area contributed by atoms with Crippen LogP contribution in [0.2, 0.25) is 0 Å². The summed E-state index contributed by atoms with van der Waals surface area (Å²) in [4.78, 5) is 11.5. The lowest BCUT2D eigenvalue weighted by atomic mass is 10.2. The highest BCUT2D eigenvalue weighted by molar-refractivity contribution is 5.42. The first-order chi connectivity index (χ1) is 6.83. The van der Waals surface area contributed by atoms with E-state index in [2.05, 4.69) is 27.9 Å². The van der Waals surface area contributed by atoms with Crippen molar-refractivity contribution in [2.75, 3.05) is 18.0 Å². The van der Waals surface area contributed by atoms with Crippen molar-refractivity contribution in [3.8, 4) is 0 Å². The Kier molecular flexibility index (Phi) is 1.72. The third-order valence-electron chi connectivity index (χ3n) is 2.98. The predicted octanol–water partition coefficient (Wildman–Crippen LogP) is 1.87. The minimum atomic E-state index is 0.662. The molecule has 14 heavy (non-hydrogen) atoms. The van der Waals surface area contributed by atoms with E-state index in [1.165, 1.54) is 32.4 Å². The van der Waals surface area contributed by atoms with Gasteiger partial charge in [0, 0.05) is 30.8 Å². The van der Waals surface area contributed by atoms with E-state index in [-0.39, 0.29) is 0 Å². The van der Waals surface area contributed by atoms with Crippen molar-refractivity contribution in [3.05, 3.63) is 17.6 Å². The molecule has 0 N–H and O–H groups in total.